The molecule has 1 amide bonds. The van der Waals surface area contributed by atoms with E-state index >= 15 is 0 Å². The van der Waals surface area contributed by atoms with E-state index in [9.17, 15) is 18.7 Å². The lowest BCUT2D eigenvalue weighted by Crippen LogP contribution is -2.43. The number of benzene rings is 2. The van der Waals surface area contributed by atoms with Crippen LogP contribution in [0.25, 0.3) is 0 Å². The molecule has 1 atom stereocenters. The summed E-state index contributed by atoms with van der Waals surface area (Å²) in [6.07, 6.45) is 5.58. The zero-order chi connectivity index (χ0) is 27.8. The van der Waals surface area contributed by atoms with Crippen molar-refractivity contribution in [2.45, 2.75) is 64.0 Å². The molecule has 3 heterocycles. The van der Waals surface area contributed by atoms with E-state index in [1.54, 1.807) is 13.8 Å². The van der Waals surface area contributed by atoms with Crippen molar-refractivity contribution >= 4 is 5.91 Å². The summed E-state index contributed by atoms with van der Waals surface area (Å²) in [5.74, 6) is -2.20. The molecule has 1 spiro atoms. The van der Waals surface area contributed by atoms with Gasteiger partial charge in [-0.2, -0.15) is 0 Å². The SMILES string of the molecule is CC(=O)N(CC(C)(C)O)C(c1ccc(CN2CCC3(CC2)OCc2ccncc23)cc1)c1ccc(F)c(F)c1. The molecular weight excluding hydrogens is 500 g/mol. The number of rotatable bonds is 7. The van der Waals surface area contributed by atoms with Crippen LogP contribution < -0.4 is 0 Å². The van der Waals surface area contributed by atoms with Crippen LogP contribution in [0.5, 0.6) is 0 Å². The number of nitrogens with zero attached hydrogens (tertiary/aromatic N) is 3. The molecule has 1 aromatic heterocycles. The molecule has 39 heavy (non-hydrogen) atoms. The molecule has 6 nitrogen and oxygen atoms in total. The van der Waals surface area contributed by atoms with E-state index in [0.717, 1.165) is 55.7 Å². The fourth-order valence-electron chi connectivity index (χ4n) is 5.84. The molecule has 206 valence electrons. The van der Waals surface area contributed by atoms with E-state index in [1.165, 1.54) is 29.0 Å². The van der Waals surface area contributed by atoms with E-state index in [2.05, 4.69) is 9.88 Å². The largest absolute Gasteiger partial charge is 0.389 e. The Balaban J connectivity index is 1.33. The first-order chi connectivity index (χ1) is 18.5. The van der Waals surface area contributed by atoms with Gasteiger partial charge in [0.05, 0.1) is 23.9 Å². The molecule has 1 saturated heterocycles. The van der Waals surface area contributed by atoms with Crippen molar-refractivity contribution in [3.05, 3.63) is 100 Å². The summed E-state index contributed by atoms with van der Waals surface area (Å²) in [4.78, 5) is 20.9. The number of aliphatic hydroxyl groups is 1. The van der Waals surface area contributed by atoms with Crippen LogP contribution in [0.2, 0.25) is 0 Å². The number of piperidine rings is 1. The van der Waals surface area contributed by atoms with Gasteiger partial charge in [-0.3, -0.25) is 14.7 Å². The highest BCUT2D eigenvalue weighted by Gasteiger charge is 2.42. The van der Waals surface area contributed by atoms with Gasteiger partial charge in [-0.15, -0.1) is 0 Å². The minimum Gasteiger partial charge on any atom is -0.389 e. The number of hydrogen-bond donors (Lipinski definition) is 1. The van der Waals surface area contributed by atoms with Crippen LogP contribution in [0.15, 0.2) is 60.9 Å². The number of ether oxygens (including phenoxy) is 1. The van der Waals surface area contributed by atoms with Crippen molar-refractivity contribution in [1.82, 2.24) is 14.8 Å². The Morgan fingerprint density at radius 3 is 2.44 bits per heavy atom. The van der Waals surface area contributed by atoms with Gasteiger partial charge in [-0.05, 0) is 67.1 Å². The van der Waals surface area contributed by atoms with Crippen molar-refractivity contribution < 1.29 is 23.4 Å². The molecule has 2 aromatic carbocycles. The first kappa shape index (κ1) is 27.4. The van der Waals surface area contributed by atoms with Gasteiger partial charge in [0.25, 0.3) is 0 Å². The zero-order valence-corrected chi connectivity index (χ0v) is 22.7. The first-order valence-corrected chi connectivity index (χ1v) is 13.4. The van der Waals surface area contributed by atoms with Crippen molar-refractivity contribution in [3.63, 3.8) is 0 Å². The smallest absolute Gasteiger partial charge is 0.220 e. The molecule has 0 saturated carbocycles. The molecule has 0 bridgehead atoms. The third-order valence-electron chi connectivity index (χ3n) is 7.80. The van der Waals surface area contributed by atoms with Crippen molar-refractivity contribution in [2.75, 3.05) is 19.6 Å². The minimum atomic E-state index is -1.17. The predicted octanol–water partition coefficient (Wildman–Crippen LogP) is 5.09. The second kappa shape index (κ2) is 10.8. The molecule has 1 fully saturated rings. The zero-order valence-electron chi connectivity index (χ0n) is 22.7. The maximum atomic E-state index is 14.2. The van der Waals surface area contributed by atoms with Crippen LogP contribution in [-0.2, 0) is 28.3 Å². The fourth-order valence-corrected chi connectivity index (χ4v) is 5.84. The number of carbonyl (C=O) groups excluding carboxylic acids is 1. The second-order valence-electron chi connectivity index (χ2n) is 11.4. The average Bonchev–Trinajstić information content (AvgIpc) is 3.25. The van der Waals surface area contributed by atoms with Gasteiger partial charge < -0.3 is 14.7 Å². The Morgan fingerprint density at radius 1 is 1.10 bits per heavy atom. The van der Waals surface area contributed by atoms with Crippen LogP contribution >= 0.6 is 0 Å². The number of likely N-dealkylation sites (tertiary alicyclic amines) is 1. The predicted molar refractivity (Wildman–Crippen MR) is 144 cm³/mol. The third kappa shape index (κ3) is 5.88. The normalized spacial score (nSPS) is 17.7. The Morgan fingerprint density at radius 2 is 1.79 bits per heavy atom. The van der Waals surface area contributed by atoms with Gasteiger partial charge in [0.2, 0.25) is 5.91 Å². The van der Waals surface area contributed by atoms with Gasteiger partial charge in [0, 0.05) is 51.1 Å². The van der Waals surface area contributed by atoms with Gasteiger partial charge >= 0.3 is 0 Å². The molecule has 0 aliphatic carbocycles. The summed E-state index contributed by atoms with van der Waals surface area (Å²) in [6, 6.07) is 12.9. The van der Waals surface area contributed by atoms with Gasteiger partial charge in [0.15, 0.2) is 11.6 Å². The number of halogens is 2. The van der Waals surface area contributed by atoms with Crippen LogP contribution in [0, 0.1) is 11.6 Å². The molecular formula is C31H35F2N3O3. The molecule has 8 heteroatoms. The topological polar surface area (TPSA) is 65.9 Å². The highest BCUT2D eigenvalue weighted by atomic mass is 19.2. The number of hydrogen-bond acceptors (Lipinski definition) is 5. The number of amides is 1. The molecule has 1 N–H and O–H groups in total. The molecule has 2 aliphatic heterocycles. The Bertz CT molecular complexity index is 1330. The number of pyridine rings is 1. The van der Waals surface area contributed by atoms with Crippen molar-refractivity contribution in [2.24, 2.45) is 0 Å². The number of aromatic nitrogens is 1. The monoisotopic (exact) mass is 535 g/mol. The lowest BCUT2D eigenvalue weighted by atomic mass is 9.84. The number of fused-ring (bicyclic) bond motifs is 2. The summed E-state index contributed by atoms with van der Waals surface area (Å²) in [7, 11) is 0. The van der Waals surface area contributed by atoms with E-state index in [1.807, 2.05) is 42.7 Å². The Kier molecular flexibility index (Phi) is 7.55. The molecule has 5 rings (SSSR count). The second-order valence-corrected chi connectivity index (χ2v) is 11.4. The van der Waals surface area contributed by atoms with E-state index in [0.29, 0.717) is 12.2 Å². The maximum Gasteiger partial charge on any atom is 0.220 e. The lowest BCUT2D eigenvalue weighted by molar-refractivity contribution is -0.133. The lowest BCUT2D eigenvalue weighted by Gasteiger charge is -2.39. The molecule has 2 aliphatic rings. The quantitative estimate of drug-likeness (QED) is 0.457. The van der Waals surface area contributed by atoms with Crippen LogP contribution in [0.3, 0.4) is 0 Å². The third-order valence-corrected chi connectivity index (χ3v) is 7.80. The van der Waals surface area contributed by atoms with Gasteiger partial charge in [-0.25, -0.2) is 8.78 Å². The maximum absolute atomic E-state index is 14.2. The van der Waals surface area contributed by atoms with E-state index in [4.69, 9.17) is 4.74 Å². The highest BCUT2D eigenvalue weighted by Crippen LogP contribution is 2.43. The van der Waals surface area contributed by atoms with Crippen molar-refractivity contribution in [3.8, 4) is 0 Å². The van der Waals surface area contributed by atoms with E-state index in [-0.39, 0.29) is 18.1 Å². The fraction of sp³-hybridized carbons (Fsp3) is 0.419. The molecule has 0 radical (unpaired) electrons. The summed E-state index contributed by atoms with van der Waals surface area (Å²) in [5.41, 5.74) is 3.35. The highest BCUT2D eigenvalue weighted by molar-refractivity contribution is 5.74. The summed E-state index contributed by atoms with van der Waals surface area (Å²) in [5, 5.41) is 10.5. The summed E-state index contributed by atoms with van der Waals surface area (Å²) in [6.45, 7) is 7.89. The summed E-state index contributed by atoms with van der Waals surface area (Å²) < 4.78 is 34.2. The molecule has 3 aromatic rings. The van der Waals surface area contributed by atoms with Crippen LogP contribution in [-0.4, -0.2) is 51.0 Å². The first-order valence-electron chi connectivity index (χ1n) is 13.4. The Hall–Kier alpha value is -3.20. The Labute approximate surface area is 228 Å². The standard InChI is InChI=1S/C31H35F2N3O3/c1-21(37)36(20-30(2,3)38)29(24-8-9-27(32)28(33)16-24)23-6-4-22(5-7-23)18-35-14-11-31(12-15-35)26-17-34-13-10-25(26)19-39-31/h4-10,13,16-17,29,38H,11-12,14-15,18-20H2,1-3H3. The number of carbonyl (C=O) groups is 1. The summed E-state index contributed by atoms with van der Waals surface area (Å²) >= 11 is 0. The van der Waals surface area contributed by atoms with Gasteiger partial charge in [-0.1, -0.05) is 30.3 Å². The van der Waals surface area contributed by atoms with Crippen LogP contribution in [0.1, 0.15) is 67.5 Å². The van der Waals surface area contributed by atoms with Crippen molar-refractivity contribution in [1.29, 1.82) is 0 Å². The van der Waals surface area contributed by atoms with E-state index < -0.39 is 23.3 Å². The van der Waals surface area contributed by atoms with Gasteiger partial charge in [0.1, 0.15) is 0 Å². The van der Waals surface area contributed by atoms with Crippen LogP contribution in [0.4, 0.5) is 8.78 Å². The minimum absolute atomic E-state index is 0.0317. The average molecular weight is 536 g/mol. The molecule has 1 unspecified atom stereocenters.